The highest BCUT2D eigenvalue weighted by Crippen LogP contribution is 2.18. The molecule has 0 amide bonds. The molecule has 16 heavy (non-hydrogen) atoms. The minimum Gasteiger partial charge on any atom is -0.486 e. The molecule has 0 aliphatic carbocycles. The van der Waals surface area contributed by atoms with Crippen molar-refractivity contribution in [2.24, 2.45) is 0 Å². The number of hydrogen-bond donors (Lipinski definition) is 1. The van der Waals surface area contributed by atoms with E-state index in [4.69, 9.17) is 4.74 Å². The van der Waals surface area contributed by atoms with E-state index in [0.29, 0.717) is 5.75 Å². The predicted molar refractivity (Wildman–Crippen MR) is 64.3 cm³/mol. The van der Waals surface area contributed by atoms with Crippen LogP contribution in [-0.4, -0.2) is 18.7 Å². The van der Waals surface area contributed by atoms with Gasteiger partial charge in [-0.3, -0.25) is 0 Å². The molecule has 0 heterocycles. The molecule has 0 aromatic heterocycles. The number of rotatable bonds is 6. The summed E-state index contributed by atoms with van der Waals surface area (Å²) in [6.07, 6.45) is 1.09. The molecule has 1 rings (SSSR count). The molecule has 0 aliphatic rings. The fourth-order valence-corrected chi connectivity index (χ4v) is 1.45. The zero-order chi connectivity index (χ0) is 12.0. The minimum absolute atomic E-state index is 0.269. The van der Waals surface area contributed by atoms with E-state index in [1.807, 2.05) is 13.8 Å². The third-order valence-electron chi connectivity index (χ3n) is 2.17. The highest BCUT2D eigenvalue weighted by Gasteiger charge is 2.19. The second-order valence-corrected chi connectivity index (χ2v) is 4.50. The summed E-state index contributed by atoms with van der Waals surface area (Å²) < 4.78 is 18.7. The van der Waals surface area contributed by atoms with Crippen LogP contribution < -0.4 is 10.1 Å². The highest BCUT2D eigenvalue weighted by molar-refractivity contribution is 5.23. The lowest BCUT2D eigenvalue weighted by molar-refractivity contribution is 0.108. The van der Waals surface area contributed by atoms with E-state index in [-0.39, 0.29) is 11.4 Å². The highest BCUT2D eigenvalue weighted by atomic mass is 19.1. The summed E-state index contributed by atoms with van der Waals surface area (Å²) in [6, 6.07) is 6.24. The van der Waals surface area contributed by atoms with Gasteiger partial charge in [-0.1, -0.05) is 13.0 Å². The molecule has 0 spiro atoms. The van der Waals surface area contributed by atoms with Crippen molar-refractivity contribution in [1.82, 2.24) is 5.32 Å². The third-order valence-corrected chi connectivity index (χ3v) is 2.17. The summed E-state index contributed by atoms with van der Waals surface area (Å²) in [5.41, 5.74) is -0.330. The Morgan fingerprint density at radius 3 is 2.75 bits per heavy atom. The van der Waals surface area contributed by atoms with Gasteiger partial charge in [-0.25, -0.2) is 4.39 Å². The van der Waals surface area contributed by atoms with Gasteiger partial charge in [0.05, 0.1) is 0 Å². The van der Waals surface area contributed by atoms with Crippen LogP contribution in [-0.2, 0) is 0 Å². The van der Waals surface area contributed by atoms with Crippen molar-refractivity contribution in [3.05, 3.63) is 30.1 Å². The van der Waals surface area contributed by atoms with Crippen molar-refractivity contribution in [2.45, 2.75) is 32.8 Å². The van der Waals surface area contributed by atoms with Crippen molar-refractivity contribution >= 4 is 0 Å². The van der Waals surface area contributed by atoms with Gasteiger partial charge in [-0.05, 0) is 38.9 Å². The standard InChI is InChI=1S/C13H20FNO/c1-4-8-15-10-13(2,3)16-12-7-5-6-11(14)9-12/h5-7,9,15H,4,8,10H2,1-3H3. The summed E-state index contributed by atoms with van der Waals surface area (Å²) in [5, 5.41) is 3.29. The number of benzene rings is 1. The minimum atomic E-state index is -0.330. The molecular formula is C13H20FNO. The number of halogens is 1. The van der Waals surface area contributed by atoms with Crippen LogP contribution in [0.5, 0.6) is 5.75 Å². The van der Waals surface area contributed by atoms with E-state index < -0.39 is 0 Å². The van der Waals surface area contributed by atoms with Crippen molar-refractivity contribution in [1.29, 1.82) is 0 Å². The molecular weight excluding hydrogens is 205 g/mol. The first-order valence-electron chi connectivity index (χ1n) is 5.69. The Kier molecular flexibility index (Phi) is 4.74. The van der Waals surface area contributed by atoms with Gasteiger partial charge in [-0.15, -0.1) is 0 Å². The van der Waals surface area contributed by atoms with Crippen molar-refractivity contribution in [3.63, 3.8) is 0 Å². The molecule has 0 atom stereocenters. The Morgan fingerprint density at radius 2 is 2.12 bits per heavy atom. The van der Waals surface area contributed by atoms with E-state index in [9.17, 15) is 4.39 Å². The molecule has 0 saturated heterocycles. The Hall–Kier alpha value is -1.09. The van der Waals surface area contributed by atoms with Gasteiger partial charge in [0.1, 0.15) is 17.2 Å². The molecule has 90 valence electrons. The van der Waals surface area contributed by atoms with Crippen molar-refractivity contribution in [2.75, 3.05) is 13.1 Å². The normalized spacial score (nSPS) is 11.5. The fourth-order valence-electron chi connectivity index (χ4n) is 1.45. The van der Waals surface area contributed by atoms with Crippen LogP contribution in [0.3, 0.4) is 0 Å². The second kappa shape index (κ2) is 5.85. The first-order valence-corrected chi connectivity index (χ1v) is 5.69. The van der Waals surface area contributed by atoms with Crippen LogP contribution in [0.4, 0.5) is 4.39 Å². The van der Waals surface area contributed by atoms with Gasteiger partial charge in [0, 0.05) is 12.6 Å². The van der Waals surface area contributed by atoms with Gasteiger partial charge in [0.15, 0.2) is 0 Å². The summed E-state index contributed by atoms with van der Waals surface area (Å²) >= 11 is 0. The van der Waals surface area contributed by atoms with Crippen LogP contribution in [0.2, 0.25) is 0 Å². The zero-order valence-electron chi connectivity index (χ0n) is 10.2. The largest absolute Gasteiger partial charge is 0.486 e. The third kappa shape index (κ3) is 4.62. The van der Waals surface area contributed by atoms with E-state index in [2.05, 4.69) is 12.2 Å². The van der Waals surface area contributed by atoms with Crippen LogP contribution in [0, 0.1) is 5.82 Å². The molecule has 0 unspecified atom stereocenters. The number of nitrogens with one attached hydrogen (secondary N) is 1. The first kappa shape index (κ1) is 13.0. The molecule has 1 aromatic rings. The maximum atomic E-state index is 13.0. The average Bonchev–Trinajstić information content (AvgIpc) is 2.17. The molecule has 1 N–H and O–H groups in total. The van der Waals surface area contributed by atoms with E-state index in [1.54, 1.807) is 12.1 Å². The lowest BCUT2D eigenvalue weighted by atomic mass is 10.1. The Balaban J connectivity index is 2.51. The van der Waals surface area contributed by atoms with E-state index in [1.165, 1.54) is 12.1 Å². The number of ether oxygens (including phenoxy) is 1. The van der Waals surface area contributed by atoms with Gasteiger partial charge >= 0.3 is 0 Å². The second-order valence-electron chi connectivity index (χ2n) is 4.50. The molecule has 0 radical (unpaired) electrons. The molecule has 3 heteroatoms. The van der Waals surface area contributed by atoms with Crippen LogP contribution in [0.15, 0.2) is 24.3 Å². The lowest BCUT2D eigenvalue weighted by Gasteiger charge is -2.26. The zero-order valence-corrected chi connectivity index (χ0v) is 10.2. The topological polar surface area (TPSA) is 21.3 Å². The molecule has 1 aromatic carbocycles. The van der Waals surface area contributed by atoms with Crippen molar-refractivity contribution in [3.8, 4) is 5.75 Å². The molecule has 0 saturated carbocycles. The summed E-state index contributed by atoms with van der Waals surface area (Å²) in [4.78, 5) is 0. The smallest absolute Gasteiger partial charge is 0.126 e. The summed E-state index contributed by atoms with van der Waals surface area (Å²) in [6.45, 7) is 7.81. The summed E-state index contributed by atoms with van der Waals surface area (Å²) in [7, 11) is 0. The van der Waals surface area contributed by atoms with Crippen molar-refractivity contribution < 1.29 is 9.13 Å². The predicted octanol–water partition coefficient (Wildman–Crippen LogP) is 2.98. The van der Waals surface area contributed by atoms with Crippen LogP contribution in [0.25, 0.3) is 0 Å². The van der Waals surface area contributed by atoms with E-state index in [0.717, 1.165) is 19.5 Å². The molecule has 0 aliphatic heterocycles. The molecule has 0 bridgehead atoms. The van der Waals surface area contributed by atoms with E-state index >= 15 is 0 Å². The average molecular weight is 225 g/mol. The molecule has 0 fully saturated rings. The monoisotopic (exact) mass is 225 g/mol. The Bertz CT molecular complexity index is 325. The quantitative estimate of drug-likeness (QED) is 0.751. The Labute approximate surface area is 96.8 Å². The maximum absolute atomic E-state index is 13.0. The van der Waals surface area contributed by atoms with Gasteiger partial charge in [-0.2, -0.15) is 0 Å². The molecule has 2 nitrogen and oxygen atoms in total. The first-order chi connectivity index (χ1) is 7.53. The maximum Gasteiger partial charge on any atom is 0.126 e. The van der Waals surface area contributed by atoms with Crippen LogP contribution >= 0.6 is 0 Å². The fraction of sp³-hybridized carbons (Fsp3) is 0.538. The lowest BCUT2D eigenvalue weighted by Crippen LogP contribution is -2.40. The Morgan fingerprint density at radius 1 is 1.38 bits per heavy atom. The number of hydrogen-bond acceptors (Lipinski definition) is 2. The van der Waals surface area contributed by atoms with Gasteiger partial charge < -0.3 is 10.1 Å². The summed E-state index contributed by atoms with van der Waals surface area (Å²) in [5.74, 6) is 0.304. The van der Waals surface area contributed by atoms with Gasteiger partial charge in [0.2, 0.25) is 0 Å². The van der Waals surface area contributed by atoms with Crippen LogP contribution in [0.1, 0.15) is 27.2 Å². The van der Waals surface area contributed by atoms with Gasteiger partial charge in [0.25, 0.3) is 0 Å². The SMILES string of the molecule is CCCNCC(C)(C)Oc1cccc(F)c1.